The molecule has 0 spiro atoms. The van der Waals surface area contributed by atoms with Crippen molar-refractivity contribution < 1.29 is 19.4 Å². The summed E-state index contributed by atoms with van der Waals surface area (Å²) in [6, 6.07) is 8.40. The van der Waals surface area contributed by atoms with Gasteiger partial charge in [0.15, 0.2) is 0 Å². The van der Waals surface area contributed by atoms with Crippen molar-refractivity contribution in [3.8, 4) is 0 Å². The minimum atomic E-state index is -1.02. The van der Waals surface area contributed by atoms with Crippen LogP contribution >= 0.6 is 0 Å². The number of amides is 1. The van der Waals surface area contributed by atoms with Gasteiger partial charge in [-0.15, -0.1) is 0 Å². The maximum absolute atomic E-state index is 11.7. The van der Waals surface area contributed by atoms with Crippen molar-refractivity contribution in [1.82, 2.24) is 5.32 Å². The lowest BCUT2D eigenvalue weighted by atomic mass is 10.1. The summed E-state index contributed by atoms with van der Waals surface area (Å²) in [4.78, 5) is 22.9. The zero-order valence-electron chi connectivity index (χ0n) is 13.8. The third-order valence-electron chi connectivity index (χ3n) is 3.65. The molecule has 2 N–H and O–H groups in total. The summed E-state index contributed by atoms with van der Waals surface area (Å²) < 4.78 is 5.05. The molecular weight excluding hydrogens is 294 g/mol. The topological polar surface area (TPSA) is 75.6 Å². The summed E-state index contributed by atoms with van der Waals surface area (Å²) in [5, 5.41) is 11.6. The Kier molecular flexibility index (Phi) is 9.52. The van der Waals surface area contributed by atoms with E-state index in [4.69, 9.17) is 4.74 Å². The maximum Gasteiger partial charge on any atom is 0.408 e. The highest BCUT2D eigenvalue weighted by atomic mass is 16.5. The molecule has 0 aliphatic carbocycles. The molecule has 0 heterocycles. The zero-order valence-corrected chi connectivity index (χ0v) is 13.8. The molecular formula is C18H27NO4. The molecule has 1 amide bonds. The number of unbranched alkanes of at least 4 members (excludes halogenated alkanes) is 5. The molecule has 128 valence electrons. The first kappa shape index (κ1) is 19.0. The van der Waals surface area contributed by atoms with Gasteiger partial charge in [-0.25, -0.2) is 9.59 Å². The van der Waals surface area contributed by atoms with Gasteiger partial charge in [0.25, 0.3) is 0 Å². The minimum absolute atomic E-state index is 0.135. The Morgan fingerprint density at radius 3 is 2.39 bits per heavy atom. The smallest absolute Gasteiger partial charge is 0.408 e. The first-order valence-corrected chi connectivity index (χ1v) is 8.33. The molecule has 0 aliphatic heterocycles. The van der Waals surface area contributed by atoms with Crippen molar-refractivity contribution in [2.45, 2.75) is 64.5 Å². The molecule has 5 nitrogen and oxygen atoms in total. The number of carboxylic acid groups (broad SMARTS) is 1. The largest absolute Gasteiger partial charge is 0.480 e. The van der Waals surface area contributed by atoms with Crippen LogP contribution < -0.4 is 5.32 Å². The minimum Gasteiger partial charge on any atom is -0.480 e. The fraction of sp³-hybridized carbons (Fsp3) is 0.556. The van der Waals surface area contributed by atoms with E-state index in [1.54, 1.807) is 0 Å². The summed E-state index contributed by atoms with van der Waals surface area (Å²) in [7, 11) is 0. The van der Waals surface area contributed by atoms with Gasteiger partial charge in [-0.1, -0.05) is 75.8 Å². The molecule has 1 aromatic rings. The summed E-state index contributed by atoms with van der Waals surface area (Å²) in [6.45, 7) is 2.29. The number of carbonyl (C=O) groups excluding carboxylic acids is 1. The number of rotatable bonds is 11. The highest BCUT2D eigenvalue weighted by Crippen LogP contribution is 2.09. The van der Waals surface area contributed by atoms with Crippen LogP contribution in [0.25, 0.3) is 0 Å². The van der Waals surface area contributed by atoms with Crippen molar-refractivity contribution in [3.63, 3.8) is 0 Å². The van der Waals surface area contributed by atoms with Crippen molar-refractivity contribution in [1.29, 1.82) is 0 Å². The average molecular weight is 321 g/mol. The number of alkyl carbamates (subject to hydrolysis) is 1. The number of carbonyl (C=O) groups is 2. The van der Waals surface area contributed by atoms with Gasteiger partial charge in [-0.3, -0.25) is 0 Å². The molecule has 0 aliphatic rings. The van der Waals surface area contributed by atoms with Crippen molar-refractivity contribution in [2.24, 2.45) is 0 Å². The predicted octanol–water partition coefficient (Wildman–Crippen LogP) is 4.12. The average Bonchev–Trinajstić information content (AvgIpc) is 2.55. The lowest BCUT2D eigenvalue weighted by molar-refractivity contribution is -0.139. The van der Waals surface area contributed by atoms with Crippen LogP contribution in [0.15, 0.2) is 30.3 Å². The first-order valence-electron chi connectivity index (χ1n) is 8.33. The molecule has 1 unspecified atom stereocenters. The maximum atomic E-state index is 11.7. The quantitative estimate of drug-likeness (QED) is 0.601. The Bertz CT molecular complexity index is 461. The van der Waals surface area contributed by atoms with E-state index in [1.165, 1.54) is 19.3 Å². The third-order valence-corrected chi connectivity index (χ3v) is 3.65. The zero-order chi connectivity index (χ0) is 16.9. The Morgan fingerprint density at radius 2 is 1.74 bits per heavy atom. The molecule has 0 bridgehead atoms. The Morgan fingerprint density at radius 1 is 1.09 bits per heavy atom. The molecule has 1 atom stereocenters. The normalized spacial score (nSPS) is 11.7. The van der Waals surface area contributed by atoms with E-state index in [0.29, 0.717) is 6.42 Å². The van der Waals surface area contributed by atoms with E-state index < -0.39 is 18.1 Å². The number of hydrogen-bond donors (Lipinski definition) is 2. The van der Waals surface area contributed by atoms with Crippen LogP contribution in [0.2, 0.25) is 0 Å². The van der Waals surface area contributed by atoms with E-state index in [2.05, 4.69) is 12.2 Å². The van der Waals surface area contributed by atoms with E-state index in [0.717, 1.165) is 24.8 Å². The van der Waals surface area contributed by atoms with Gasteiger partial charge in [0.2, 0.25) is 0 Å². The Labute approximate surface area is 138 Å². The lowest BCUT2D eigenvalue weighted by Gasteiger charge is -2.14. The van der Waals surface area contributed by atoms with Crippen LogP contribution in [-0.2, 0) is 16.1 Å². The SMILES string of the molecule is CCCCCCCCC(NC(=O)OCc1ccccc1)C(=O)O. The monoisotopic (exact) mass is 321 g/mol. The summed E-state index contributed by atoms with van der Waals surface area (Å²) in [5.74, 6) is -1.02. The summed E-state index contributed by atoms with van der Waals surface area (Å²) >= 11 is 0. The predicted molar refractivity (Wildman–Crippen MR) is 89.2 cm³/mol. The number of hydrogen-bond acceptors (Lipinski definition) is 3. The van der Waals surface area contributed by atoms with Crippen molar-refractivity contribution in [3.05, 3.63) is 35.9 Å². The van der Waals surface area contributed by atoms with Crippen LogP contribution in [0.5, 0.6) is 0 Å². The molecule has 23 heavy (non-hydrogen) atoms. The van der Waals surface area contributed by atoms with Crippen LogP contribution in [0.3, 0.4) is 0 Å². The van der Waals surface area contributed by atoms with Gasteiger partial charge in [0.05, 0.1) is 0 Å². The van der Waals surface area contributed by atoms with Crippen molar-refractivity contribution >= 4 is 12.1 Å². The second-order valence-electron chi connectivity index (χ2n) is 5.65. The standard InChI is InChI=1S/C18H27NO4/c1-2-3-4-5-6-10-13-16(17(20)21)19-18(22)23-14-15-11-8-7-9-12-15/h7-9,11-12,16H,2-6,10,13-14H2,1H3,(H,19,22)(H,20,21). The molecule has 0 aromatic heterocycles. The van der Waals surface area contributed by atoms with Gasteiger partial charge < -0.3 is 15.2 Å². The number of carboxylic acids is 1. The second-order valence-corrected chi connectivity index (χ2v) is 5.65. The van der Waals surface area contributed by atoms with Crippen molar-refractivity contribution in [2.75, 3.05) is 0 Å². The molecule has 0 saturated carbocycles. The molecule has 1 aromatic carbocycles. The summed E-state index contributed by atoms with van der Waals surface area (Å²) in [5.41, 5.74) is 0.866. The Hall–Kier alpha value is -2.04. The number of ether oxygens (including phenoxy) is 1. The van der Waals surface area contributed by atoms with Crippen LogP contribution in [0.1, 0.15) is 57.4 Å². The number of aliphatic carboxylic acids is 1. The second kappa shape index (κ2) is 11.5. The highest BCUT2D eigenvalue weighted by Gasteiger charge is 2.20. The van der Waals surface area contributed by atoms with E-state index in [9.17, 15) is 14.7 Å². The van der Waals surface area contributed by atoms with Crippen LogP contribution in [0, 0.1) is 0 Å². The van der Waals surface area contributed by atoms with Gasteiger partial charge in [-0.2, -0.15) is 0 Å². The lowest BCUT2D eigenvalue weighted by Crippen LogP contribution is -2.40. The molecule has 0 fully saturated rings. The highest BCUT2D eigenvalue weighted by molar-refractivity contribution is 5.79. The van der Waals surface area contributed by atoms with E-state index in [1.807, 2.05) is 30.3 Å². The first-order chi connectivity index (χ1) is 11.1. The van der Waals surface area contributed by atoms with Crippen LogP contribution in [0.4, 0.5) is 4.79 Å². The molecule has 5 heteroatoms. The molecule has 1 rings (SSSR count). The molecule has 0 saturated heterocycles. The van der Waals surface area contributed by atoms with Gasteiger partial charge in [0, 0.05) is 0 Å². The number of benzene rings is 1. The van der Waals surface area contributed by atoms with Gasteiger partial charge in [-0.05, 0) is 12.0 Å². The Balaban J connectivity index is 2.25. The summed E-state index contributed by atoms with van der Waals surface area (Å²) in [6.07, 6.45) is 6.22. The number of nitrogens with one attached hydrogen (secondary N) is 1. The fourth-order valence-electron chi connectivity index (χ4n) is 2.29. The van der Waals surface area contributed by atoms with Crippen LogP contribution in [-0.4, -0.2) is 23.2 Å². The van der Waals surface area contributed by atoms with Gasteiger partial charge >= 0.3 is 12.1 Å². The van der Waals surface area contributed by atoms with Gasteiger partial charge in [0.1, 0.15) is 12.6 Å². The fourth-order valence-corrected chi connectivity index (χ4v) is 2.29. The van der Waals surface area contributed by atoms with E-state index in [-0.39, 0.29) is 6.61 Å². The van der Waals surface area contributed by atoms with E-state index >= 15 is 0 Å². The third kappa shape index (κ3) is 8.86. The molecule has 0 radical (unpaired) electrons.